The van der Waals surface area contributed by atoms with Gasteiger partial charge in [-0.15, -0.1) is 0 Å². The fourth-order valence-corrected chi connectivity index (χ4v) is 1.89. The van der Waals surface area contributed by atoms with Crippen molar-refractivity contribution in [3.8, 4) is 0 Å². The van der Waals surface area contributed by atoms with Gasteiger partial charge in [-0.2, -0.15) is 0 Å². The second-order valence-corrected chi connectivity index (χ2v) is 4.78. The molecule has 1 aromatic heterocycles. The van der Waals surface area contributed by atoms with Crippen molar-refractivity contribution >= 4 is 17.5 Å². The monoisotopic (exact) mass is 300 g/mol. The lowest BCUT2D eigenvalue weighted by atomic mass is 10.2. The Morgan fingerprint density at radius 2 is 2.10 bits per heavy atom. The summed E-state index contributed by atoms with van der Waals surface area (Å²) >= 11 is 5.82. The maximum absolute atomic E-state index is 11.9. The fourth-order valence-electron chi connectivity index (χ4n) is 1.64. The van der Waals surface area contributed by atoms with E-state index in [1.807, 2.05) is 0 Å². The molecule has 0 aliphatic rings. The zero-order valence-corrected chi connectivity index (χ0v) is 12.7. The van der Waals surface area contributed by atoms with E-state index in [0.29, 0.717) is 37.1 Å². The largest absolute Gasteiger partial charge is 0.382 e. The van der Waals surface area contributed by atoms with Crippen LogP contribution in [0.2, 0.25) is 5.15 Å². The van der Waals surface area contributed by atoms with Crippen LogP contribution >= 0.6 is 11.6 Å². The van der Waals surface area contributed by atoms with Crippen LogP contribution in [0, 0.1) is 6.92 Å². The normalized spacial score (nSPS) is 10.6. The molecule has 1 heterocycles. The van der Waals surface area contributed by atoms with Gasteiger partial charge in [0.05, 0.1) is 13.2 Å². The number of carbonyl (C=O) groups excluding carboxylic acids is 1. The van der Waals surface area contributed by atoms with E-state index in [1.54, 1.807) is 26.2 Å². The summed E-state index contributed by atoms with van der Waals surface area (Å²) in [5.74, 6) is -0.127. The summed E-state index contributed by atoms with van der Waals surface area (Å²) in [7, 11) is 1.64. The van der Waals surface area contributed by atoms with Crippen LogP contribution < -0.4 is 5.32 Å². The van der Waals surface area contributed by atoms with Gasteiger partial charge in [-0.3, -0.25) is 4.79 Å². The first-order valence-electron chi connectivity index (χ1n) is 6.62. The zero-order valence-electron chi connectivity index (χ0n) is 11.9. The molecule has 0 aromatic carbocycles. The molecule has 0 unspecified atom stereocenters. The molecule has 1 aromatic rings. The van der Waals surface area contributed by atoms with Gasteiger partial charge in [0.25, 0.3) is 5.91 Å². The van der Waals surface area contributed by atoms with E-state index in [2.05, 4.69) is 10.3 Å². The van der Waals surface area contributed by atoms with Crippen molar-refractivity contribution in [2.45, 2.75) is 19.8 Å². The molecular formula is C14H21ClN2O3. The molecule has 112 valence electrons. The van der Waals surface area contributed by atoms with E-state index in [1.165, 1.54) is 0 Å². The van der Waals surface area contributed by atoms with Gasteiger partial charge in [-0.25, -0.2) is 4.98 Å². The summed E-state index contributed by atoms with van der Waals surface area (Å²) in [6, 6.07) is 3.28. The molecule has 6 heteroatoms. The Morgan fingerprint density at radius 1 is 1.30 bits per heavy atom. The summed E-state index contributed by atoms with van der Waals surface area (Å²) in [5, 5.41) is 3.18. The number of nitrogens with one attached hydrogen (secondary N) is 1. The predicted molar refractivity (Wildman–Crippen MR) is 78.2 cm³/mol. The molecule has 5 nitrogen and oxygen atoms in total. The van der Waals surface area contributed by atoms with Crippen molar-refractivity contribution in [1.29, 1.82) is 0 Å². The van der Waals surface area contributed by atoms with Crippen LogP contribution in [0.5, 0.6) is 0 Å². The summed E-state index contributed by atoms with van der Waals surface area (Å²) in [4.78, 5) is 15.9. The van der Waals surface area contributed by atoms with Crippen molar-refractivity contribution in [1.82, 2.24) is 10.3 Å². The lowest BCUT2D eigenvalue weighted by molar-refractivity contribution is 0.0686. The zero-order chi connectivity index (χ0) is 14.8. The van der Waals surface area contributed by atoms with Crippen LogP contribution in [0.3, 0.4) is 0 Å². The Labute approximate surface area is 124 Å². The van der Waals surface area contributed by atoms with E-state index in [-0.39, 0.29) is 5.91 Å². The van der Waals surface area contributed by atoms with Crippen molar-refractivity contribution in [3.63, 3.8) is 0 Å². The number of halogens is 1. The number of hydrogen-bond acceptors (Lipinski definition) is 4. The van der Waals surface area contributed by atoms with Gasteiger partial charge in [-0.05, 0) is 31.9 Å². The highest BCUT2D eigenvalue weighted by molar-refractivity contribution is 6.29. The average molecular weight is 301 g/mol. The number of aromatic nitrogens is 1. The number of carbonyl (C=O) groups is 1. The summed E-state index contributed by atoms with van der Waals surface area (Å²) < 4.78 is 10.2. The number of amides is 1. The second-order valence-electron chi connectivity index (χ2n) is 4.39. The maximum Gasteiger partial charge on any atom is 0.251 e. The lowest BCUT2D eigenvalue weighted by Gasteiger charge is -2.07. The number of pyridine rings is 1. The predicted octanol–water partition coefficient (Wildman–Crippen LogP) is 2.22. The van der Waals surface area contributed by atoms with Gasteiger partial charge in [0.15, 0.2) is 0 Å². The molecule has 0 aliphatic carbocycles. The molecular weight excluding hydrogens is 280 g/mol. The smallest absolute Gasteiger partial charge is 0.251 e. The molecule has 0 atom stereocenters. The van der Waals surface area contributed by atoms with Crippen LogP contribution in [-0.2, 0) is 9.47 Å². The Hall–Kier alpha value is -1.17. The number of aryl methyl sites for hydroxylation is 1. The molecule has 0 saturated carbocycles. The quantitative estimate of drug-likeness (QED) is 0.561. The van der Waals surface area contributed by atoms with Gasteiger partial charge < -0.3 is 14.8 Å². The van der Waals surface area contributed by atoms with Crippen LogP contribution in [-0.4, -0.2) is 44.4 Å². The minimum atomic E-state index is -0.127. The third kappa shape index (κ3) is 6.84. The van der Waals surface area contributed by atoms with E-state index in [9.17, 15) is 4.79 Å². The molecule has 0 radical (unpaired) electrons. The average Bonchev–Trinajstić information content (AvgIpc) is 2.40. The van der Waals surface area contributed by atoms with Crippen molar-refractivity contribution in [2.24, 2.45) is 0 Å². The van der Waals surface area contributed by atoms with Gasteiger partial charge in [0.2, 0.25) is 0 Å². The Morgan fingerprint density at radius 3 is 2.80 bits per heavy atom. The lowest BCUT2D eigenvalue weighted by Crippen LogP contribution is -2.24. The third-order valence-electron chi connectivity index (χ3n) is 2.62. The summed E-state index contributed by atoms with van der Waals surface area (Å²) in [5.41, 5.74) is 1.27. The van der Waals surface area contributed by atoms with E-state index >= 15 is 0 Å². The van der Waals surface area contributed by atoms with Gasteiger partial charge >= 0.3 is 0 Å². The first-order chi connectivity index (χ1) is 9.63. The summed E-state index contributed by atoms with van der Waals surface area (Å²) in [6.45, 7) is 4.32. The van der Waals surface area contributed by atoms with Crippen molar-refractivity contribution in [3.05, 3.63) is 28.5 Å². The standard InChI is InChI=1S/C14H21ClN2O3/c1-11-9-12(10-13(15)17-11)14(18)16-5-3-4-6-20-8-7-19-2/h9-10H,3-8H2,1-2H3,(H,16,18). The Bertz CT molecular complexity index is 407. The number of unbranched alkanes of at least 4 members (excludes halogenated alkanes) is 1. The minimum Gasteiger partial charge on any atom is -0.382 e. The van der Waals surface area contributed by atoms with Crippen LogP contribution in [0.25, 0.3) is 0 Å². The van der Waals surface area contributed by atoms with Gasteiger partial charge in [0, 0.05) is 31.5 Å². The van der Waals surface area contributed by atoms with Crippen LogP contribution in [0.4, 0.5) is 0 Å². The molecule has 0 fully saturated rings. The molecule has 0 saturated heterocycles. The molecule has 1 rings (SSSR count). The first kappa shape index (κ1) is 16.9. The van der Waals surface area contributed by atoms with Crippen LogP contribution in [0.1, 0.15) is 28.9 Å². The van der Waals surface area contributed by atoms with E-state index < -0.39 is 0 Å². The third-order valence-corrected chi connectivity index (χ3v) is 2.81. The Balaban J connectivity index is 2.17. The van der Waals surface area contributed by atoms with E-state index in [4.69, 9.17) is 21.1 Å². The highest BCUT2D eigenvalue weighted by Gasteiger charge is 2.07. The second kappa shape index (κ2) is 9.69. The van der Waals surface area contributed by atoms with Gasteiger partial charge in [-0.1, -0.05) is 11.6 Å². The number of nitrogens with zero attached hydrogens (tertiary/aromatic N) is 1. The van der Waals surface area contributed by atoms with Crippen LogP contribution in [0.15, 0.2) is 12.1 Å². The molecule has 1 amide bonds. The minimum absolute atomic E-state index is 0.127. The first-order valence-corrected chi connectivity index (χ1v) is 7.00. The topological polar surface area (TPSA) is 60.5 Å². The molecule has 1 N–H and O–H groups in total. The van der Waals surface area contributed by atoms with Crippen molar-refractivity contribution < 1.29 is 14.3 Å². The number of methoxy groups -OCH3 is 1. The highest BCUT2D eigenvalue weighted by atomic mass is 35.5. The van der Waals surface area contributed by atoms with Crippen molar-refractivity contribution in [2.75, 3.05) is 33.5 Å². The SMILES string of the molecule is COCCOCCCCNC(=O)c1cc(C)nc(Cl)c1. The number of rotatable bonds is 9. The maximum atomic E-state index is 11.9. The fraction of sp³-hybridized carbons (Fsp3) is 0.571. The van der Waals surface area contributed by atoms with E-state index in [0.717, 1.165) is 18.5 Å². The molecule has 0 aliphatic heterocycles. The Kier molecular flexibility index (Phi) is 8.18. The number of ether oxygens (including phenoxy) is 2. The highest BCUT2D eigenvalue weighted by Crippen LogP contribution is 2.10. The molecule has 20 heavy (non-hydrogen) atoms. The molecule has 0 bridgehead atoms. The van der Waals surface area contributed by atoms with Gasteiger partial charge in [0.1, 0.15) is 5.15 Å². The number of hydrogen-bond donors (Lipinski definition) is 1. The molecule has 0 spiro atoms. The summed E-state index contributed by atoms with van der Waals surface area (Å²) in [6.07, 6.45) is 1.77.